The molecule has 0 unspecified atom stereocenters. The van der Waals surface area contributed by atoms with Crippen LogP contribution in [0.4, 0.5) is 0 Å². The third kappa shape index (κ3) is 2.41. The number of aromatic carboxylic acids is 1. The standard InChI is InChI=1S/C11H10N4O4/c1-6-3-7(10(16)17)4-12-9(6)15-5-13-8(14-15)11(18)19-2/h3-5H,1-2H3,(H,16,17). The summed E-state index contributed by atoms with van der Waals surface area (Å²) in [6.07, 6.45) is 2.52. The monoisotopic (exact) mass is 262 g/mol. The van der Waals surface area contributed by atoms with Crippen LogP contribution in [0.25, 0.3) is 5.82 Å². The molecule has 0 aliphatic carbocycles. The normalized spacial score (nSPS) is 10.2. The lowest BCUT2D eigenvalue weighted by Gasteiger charge is -2.04. The molecule has 0 saturated heterocycles. The predicted molar refractivity (Wildman–Crippen MR) is 62.2 cm³/mol. The fraction of sp³-hybridized carbons (Fsp3) is 0.182. The van der Waals surface area contributed by atoms with Gasteiger partial charge in [-0.05, 0) is 18.6 Å². The fourth-order valence-corrected chi connectivity index (χ4v) is 1.47. The Hall–Kier alpha value is -2.77. The van der Waals surface area contributed by atoms with E-state index in [1.807, 2.05) is 0 Å². The lowest BCUT2D eigenvalue weighted by molar-refractivity contribution is 0.0586. The molecule has 8 heteroatoms. The number of nitrogens with zero attached hydrogens (tertiary/aromatic N) is 4. The van der Waals surface area contributed by atoms with Crippen molar-refractivity contribution in [1.29, 1.82) is 0 Å². The molecule has 0 atom stereocenters. The van der Waals surface area contributed by atoms with Crippen molar-refractivity contribution in [3.63, 3.8) is 0 Å². The van der Waals surface area contributed by atoms with Crippen LogP contribution in [0, 0.1) is 6.92 Å². The van der Waals surface area contributed by atoms with Gasteiger partial charge in [-0.25, -0.2) is 24.2 Å². The van der Waals surface area contributed by atoms with Gasteiger partial charge in [-0.15, -0.1) is 5.10 Å². The van der Waals surface area contributed by atoms with Crippen molar-refractivity contribution in [2.75, 3.05) is 7.11 Å². The van der Waals surface area contributed by atoms with Gasteiger partial charge in [-0.2, -0.15) is 0 Å². The van der Waals surface area contributed by atoms with E-state index in [-0.39, 0.29) is 11.4 Å². The first kappa shape index (κ1) is 12.7. The number of carbonyl (C=O) groups is 2. The minimum Gasteiger partial charge on any atom is -0.478 e. The Bertz CT molecular complexity index is 650. The van der Waals surface area contributed by atoms with E-state index >= 15 is 0 Å². The first-order valence-electron chi connectivity index (χ1n) is 5.23. The Morgan fingerprint density at radius 3 is 2.68 bits per heavy atom. The van der Waals surface area contributed by atoms with Crippen molar-refractivity contribution in [3.8, 4) is 5.82 Å². The first-order chi connectivity index (χ1) is 9.02. The molecule has 19 heavy (non-hydrogen) atoms. The SMILES string of the molecule is COC(=O)c1ncn(-c2ncc(C(=O)O)cc2C)n1. The minimum atomic E-state index is -1.06. The maximum absolute atomic E-state index is 11.2. The number of esters is 1. The van der Waals surface area contributed by atoms with Gasteiger partial charge in [0.15, 0.2) is 5.82 Å². The third-order valence-corrected chi connectivity index (χ3v) is 2.37. The number of carboxylic acid groups (broad SMARTS) is 1. The summed E-state index contributed by atoms with van der Waals surface area (Å²) in [6, 6.07) is 1.46. The van der Waals surface area contributed by atoms with Gasteiger partial charge in [-0.3, -0.25) is 0 Å². The van der Waals surface area contributed by atoms with Crippen molar-refractivity contribution < 1.29 is 19.4 Å². The predicted octanol–water partition coefficient (Wildman–Crippen LogP) is 0.456. The number of aryl methyl sites for hydroxylation is 1. The molecule has 0 saturated carbocycles. The number of hydrogen-bond acceptors (Lipinski definition) is 6. The van der Waals surface area contributed by atoms with E-state index in [4.69, 9.17) is 5.11 Å². The number of ether oxygens (including phenoxy) is 1. The molecular formula is C11H10N4O4. The number of rotatable bonds is 3. The summed E-state index contributed by atoms with van der Waals surface area (Å²) in [5.41, 5.74) is 0.677. The zero-order valence-electron chi connectivity index (χ0n) is 10.2. The Morgan fingerprint density at radius 2 is 2.11 bits per heavy atom. The van der Waals surface area contributed by atoms with E-state index in [0.29, 0.717) is 11.4 Å². The molecule has 0 aromatic carbocycles. The highest BCUT2D eigenvalue weighted by molar-refractivity contribution is 5.87. The van der Waals surface area contributed by atoms with E-state index < -0.39 is 11.9 Å². The summed E-state index contributed by atoms with van der Waals surface area (Å²) in [6.45, 7) is 1.69. The van der Waals surface area contributed by atoms with Crippen LogP contribution in [0.2, 0.25) is 0 Å². The van der Waals surface area contributed by atoms with Gasteiger partial charge in [0.2, 0.25) is 0 Å². The second-order valence-electron chi connectivity index (χ2n) is 3.67. The Balaban J connectivity index is 2.39. The van der Waals surface area contributed by atoms with Crippen molar-refractivity contribution in [1.82, 2.24) is 19.7 Å². The number of carboxylic acids is 1. The molecular weight excluding hydrogens is 252 g/mol. The lowest BCUT2D eigenvalue weighted by Crippen LogP contribution is -2.07. The second kappa shape index (κ2) is 4.84. The largest absolute Gasteiger partial charge is 0.478 e. The molecule has 2 aromatic heterocycles. The topological polar surface area (TPSA) is 107 Å². The summed E-state index contributed by atoms with van der Waals surface area (Å²) < 4.78 is 5.78. The van der Waals surface area contributed by atoms with Gasteiger partial charge in [0, 0.05) is 6.20 Å². The van der Waals surface area contributed by atoms with E-state index in [9.17, 15) is 9.59 Å². The second-order valence-corrected chi connectivity index (χ2v) is 3.67. The van der Waals surface area contributed by atoms with Crippen molar-refractivity contribution in [2.45, 2.75) is 6.92 Å². The zero-order valence-corrected chi connectivity index (χ0v) is 10.2. The van der Waals surface area contributed by atoms with E-state index in [1.165, 1.54) is 30.4 Å². The van der Waals surface area contributed by atoms with Crippen molar-refractivity contribution in [3.05, 3.63) is 35.5 Å². The maximum atomic E-state index is 11.2. The van der Waals surface area contributed by atoms with E-state index in [2.05, 4.69) is 19.8 Å². The van der Waals surface area contributed by atoms with Crippen molar-refractivity contribution >= 4 is 11.9 Å². The fourth-order valence-electron chi connectivity index (χ4n) is 1.47. The van der Waals surface area contributed by atoms with Crippen LogP contribution < -0.4 is 0 Å². The quantitative estimate of drug-likeness (QED) is 0.800. The number of aromatic nitrogens is 4. The molecule has 8 nitrogen and oxygen atoms in total. The number of hydrogen-bond donors (Lipinski definition) is 1. The summed E-state index contributed by atoms with van der Waals surface area (Å²) in [5.74, 6) is -1.41. The van der Waals surface area contributed by atoms with Gasteiger partial charge in [0.25, 0.3) is 5.82 Å². The van der Waals surface area contributed by atoms with Crippen LogP contribution in [-0.4, -0.2) is 43.9 Å². The minimum absolute atomic E-state index is 0.0783. The molecule has 0 bridgehead atoms. The number of carbonyl (C=O) groups excluding carboxylic acids is 1. The molecule has 0 aliphatic heterocycles. The van der Waals surface area contributed by atoms with Gasteiger partial charge in [-0.1, -0.05) is 0 Å². The molecule has 0 spiro atoms. The molecule has 2 rings (SSSR count). The van der Waals surface area contributed by atoms with Crippen LogP contribution in [0.3, 0.4) is 0 Å². The van der Waals surface area contributed by atoms with Gasteiger partial charge in [0.1, 0.15) is 6.33 Å². The van der Waals surface area contributed by atoms with Crippen LogP contribution in [0.5, 0.6) is 0 Å². The van der Waals surface area contributed by atoms with Gasteiger partial charge >= 0.3 is 11.9 Å². The van der Waals surface area contributed by atoms with Crippen molar-refractivity contribution in [2.24, 2.45) is 0 Å². The van der Waals surface area contributed by atoms with Gasteiger partial charge in [0.05, 0.1) is 12.7 Å². The average Bonchev–Trinajstić information content (AvgIpc) is 2.87. The Kier molecular flexibility index (Phi) is 3.23. The highest BCUT2D eigenvalue weighted by Crippen LogP contribution is 2.11. The smallest absolute Gasteiger partial charge is 0.377 e. The summed E-state index contributed by atoms with van der Waals surface area (Å²) in [5, 5.41) is 12.8. The molecule has 0 aliphatic rings. The van der Waals surface area contributed by atoms with E-state index in [1.54, 1.807) is 6.92 Å². The maximum Gasteiger partial charge on any atom is 0.377 e. The molecule has 0 radical (unpaired) electrons. The zero-order chi connectivity index (χ0) is 14.0. The molecule has 2 heterocycles. The van der Waals surface area contributed by atoms with Gasteiger partial charge < -0.3 is 9.84 Å². The highest BCUT2D eigenvalue weighted by atomic mass is 16.5. The molecule has 0 fully saturated rings. The third-order valence-electron chi connectivity index (χ3n) is 2.37. The summed E-state index contributed by atoms with van der Waals surface area (Å²) in [4.78, 5) is 29.8. The average molecular weight is 262 g/mol. The Labute approximate surface area is 107 Å². The summed E-state index contributed by atoms with van der Waals surface area (Å²) in [7, 11) is 1.23. The molecule has 0 amide bonds. The Morgan fingerprint density at radius 1 is 1.37 bits per heavy atom. The van der Waals surface area contributed by atoms with Crippen LogP contribution in [0.15, 0.2) is 18.6 Å². The molecule has 98 valence electrons. The molecule has 1 N–H and O–H groups in total. The lowest BCUT2D eigenvalue weighted by atomic mass is 10.2. The summed E-state index contributed by atoms with van der Waals surface area (Å²) >= 11 is 0. The van der Waals surface area contributed by atoms with Crippen LogP contribution in [-0.2, 0) is 4.74 Å². The van der Waals surface area contributed by atoms with Crippen LogP contribution >= 0.6 is 0 Å². The number of methoxy groups -OCH3 is 1. The van der Waals surface area contributed by atoms with E-state index in [0.717, 1.165) is 0 Å². The first-order valence-corrected chi connectivity index (χ1v) is 5.23. The molecule has 2 aromatic rings. The highest BCUT2D eigenvalue weighted by Gasteiger charge is 2.14. The van der Waals surface area contributed by atoms with Crippen LogP contribution in [0.1, 0.15) is 26.5 Å². The number of pyridine rings is 1.